The number of nitrogens with two attached hydrogens (primary N) is 1. The number of sulfonamides is 1. The molecule has 21 heavy (non-hydrogen) atoms. The summed E-state index contributed by atoms with van der Waals surface area (Å²) in [6, 6.07) is 3.42. The number of hydrazine groups is 1. The summed E-state index contributed by atoms with van der Waals surface area (Å²) in [6.45, 7) is 6.88. The molecule has 1 rings (SSSR count). The smallest absolute Gasteiger partial charge is 0.241 e. The summed E-state index contributed by atoms with van der Waals surface area (Å²) in [5.74, 6) is 5.35. The molecular weight excluding hydrogens is 290 g/mol. The molecule has 0 aliphatic carbocycles. The van der Waals surface area contributed by atoms with Crippen LogP contribution in [0, 0.1) is 13.8 Å². The highest BCUT2D eigenvalue weighted by Crippen LogP contribution is 2.23. The molecule has 0 spiro atoms. The topological polar surface area (TPSA) is 93.4 Å². The molecule has 4 N–H and O–H groups in total. The second kappa shape index (κ2) is 8.33. The van der Waals surface area contributed by atoms with Crippen LogP contribution in [0.3, 0.4) is 0 Å². The minimum absolute atomic E-state index is 0.266. The van der Waals surface area contributed by atoms with E-state index in [9.17, 15) is 8.42 Å². The Labute approximate surface area is 127 Å². The molecule has 0 atom stereocenters. The molecule has 1 aromatic carbocycles. The highest BCUT2D eigenvalue weighted by Gasteiger charge is 2.19. The van der Waals surface area contributed by atoms with Crippen molar-refractivity contribution in [1.82, 2.24) is 4.72 Å². The van der Waals surface area contributed by atoms with Gasteiger partial charge in [-0.25, -0.2) is 13.1 Å². The summed E-state index contributed by atoms with van der Waals surface area (Å²) in [5, 5.41) is 0. The van der Waals surface area contributed by atoms with Gasteiger partial charge in [0.1, 0.15) is 0 Å². The fourth-order valence-corrected chi connectivity index (χ4v) is 3.59. The van der Waals surface area contributed by atoms with Gasteiger partial charge in [0.05, 0.1) is 11.5 Å². The third kappa shape index (κ3) is 5.28. The maximum Gasteiger partial charge on any atom is 0.241 e. The third-order valence-corrected chi connectivity index (χ3v) is 4.84. The molecule has 7 heteroatoms. The average molecular weight is 315 g/mol. The number of nitrogen functional groups attached to an aromatic ring is 1. The molecule has 1 aromatic rings. The van der Waals surface area contributed by atoms with E-state index in [-0.39, 0.29) is 6.54 Å². The van der Waals surface area contributed by atoms with Gasteiger partial charge >= 0.3 is 0 Å². The SMILES string of the molecule is CCCCOCCNS(=O)(=O)c1c(C)cc(NN)cc1C. The van der Waals surface area contributed by atoms with Crippen molar-refractivity contribution in [3.8, 4) is 0 Å². The zero-order valence-corrected chi connectivity index (χ0v) is 13.7. The summed E-state index contributed by atoms with van der Waals surface area (Å²) in [5.41, 5.74) is 4.52. The van der Waals surface area contributed by atoms with Crippen LogP contribution in [0.1, 0.15) is 30.9 Å². The number of anilines is 1. The van der Waals surface area contributed by atoms with E-state index in [0.29, 0.717) is 34.9 Å². The maximum atomic E-state index is 12.3. The van der Waals surface area contributed by atoms with Crippen LogP contribution in [0.25, 0.3) is 0 Å². The zero-order chi connectivity index (χ0) is 15.9. The van der Waals surface area contributed by atoms with Gasteiger partial charge in [-0.3, -0.25) is 5.84 Å². The van der Waals surface area contributed by atoms with Crippen LogP contribution < -0.4 is 16.0 Å². The van der Waals surface area contributed by atoms with Gasteiger partial charge in [0.2, 0.25) is 10.0 Å². The Morgan fingerprint density at radius 3 is 2.33 bits per heavy atom. The van der Waals surface area contributed by atoms with E-state index >= 15 is 0 Å². The van der Waals surface area contributed by atoms with Crippen molar-refractivity contribution in [2.45, 2.75) is 38.5 Å². The fourth-order valence-electron chi connectivity index (χ4n) is 2.13. The zero-order valence-electron chi connectivity index (χ0n) is 12.9. The largest absolute Gasteiger partial charge is 0.380 e. The maximum absolute atomic E-state index is 12.3. The molecule has 0 aliphatic rings. The highest BCUT2D eigenvalue weighted by molar-refractivity contribution is 7.89. The fraction of sp³-hybridized carbons (Fsp3) is 0.571. The molecule has 0 aliphatic heterocycles. The quantitative estimate of drug-likeness (QED) is 0.366. The molecule has 0 unspecified atom stereocenters. The number of hydrogen-bond donors (Lipinski definition) is 3. The Kier molecular flexibility index (Phi) is 7.10. The number of hydrogen-bond acceptors (Lipinski definition) is 5. The van der Waals surface area contributed by atoms with E-state index in [1.165, 1.54) is 0 Å². The second-order valence-electron chi connectivity index (χ2n) is 4.95. The predicted molar refractivity (Wildman–Crippen MR) is 84.6 cm³/mol. The number of benzene rings is 1. The second-order valence-corrected chi connectivity index (χ2v) is 6.65. The van der Waals surface area contributed by atoms with Crippen molar-refractivity contribution in [1.29, 1.82) is 0 Å². The number of ether oxygens (including phenoxy) is 1. The van der Waals surface area contributed by atoms with Crippen LogP contribution in [-0.4, -0.2) is 28.2 Å². The first-order valence-electron chi connectivity index (χ1n) is 7.07. The normalized spacial score (nSPS) is 11.6. The molecule has 120 valence electrons. The van der Waals surface area contributed by atoms with E-state index in [0.717, 1.165) is 12.8 Å². The van der Waals surface area contributed by atoms with Crippen LogP contribution in [-0.2, 0) is 14.8 Å². The number of unbranched alkanes of at least 4 members (excludes halogenated alkanes) is 1. The monoisotopic (exact) mass is 315 g/mol. The van der Waals surface area contributed by atoms with E-state index in [2.05, 4.69) is 17.1 Å². The molecule has 0 bridgehead atoms. The number of aryl methyl sites for hydroxylation is 2. The standard InChI is InChI=1S/C14H25N3O3S/c1-4-5-7-20-8-6-16-21(18,19)14-11(2)9-13(17-15)10-12(14)3/h9-10,16-17H,4-8,15H2,1-3H3. The molecule has 0 saturated heterocycles. The van der Waals surface area contributed by atoms with Gasteiger partial charge < -0.3 is 10.2 Å². The van der Waals surface area contributed by atoms with Gasteiger partial charge in [-0.15, -0.1) is 0 Å². The Hall–Kier alpha value is -1.15. The molecule has 0 amide bonds. The van der Waals surface area contributed by atoms with Crippen molar-refractivity contribution in [3.05, 3.63) is 23.3 Å². The Balaban J connectivity index is 2.70. The van der Waals surface area contributed by atoms with Crippen LogP contribution in [0.5, 0.6) is 0 Å². The van der Waals surface area contributed by atoms with Crippen molar-refractivity contribution in [3.63, 3.8) is 0 Å². The Bertz CT molecular complexity index is 536. The lowest BCUT2D eigenvalue weighted by Gasteiger charge is -2.14. The van der Waals surface area contributed by atoms with E-state index in [4.69, 9.17) is 10.6 Å². The highest BCUT2D eigenvalue weighted by atomic mass is 32.2. The summed E-state index contributed by atoms with van der Waals surface area (Å²) in [7, 11) is -3.54. The lowest BCUT2D eigenvalue weighted by Crippen LogP contribution is -2.29. The molecular formula is C14H25N3O3S. The summed E-state index contributed by atoms with van der Waals surface area (Å²) in [4.78, 5) is 0.301. The summed E-state index contributed by atoms with van der Waals surface area (Å²) in [6.07, 6.45) is 2.05. The van der Waals surface area contributed by atoms with Gasteiger partial charge in [-0.2, -0.15) is 0 Å². The molecule has 0 radical (unpaired) electrons. The van der Waals surface area contributed by atoms with E-state index in [1.54, 1.807) is 26.0 Å². The minimum Gasteiger partial charge on any atom is -0.380 e. The lowest BCUT2D eigenvalue weighted by atomic mass is 10.1. The molecule has 0 aromatic heterocycles. The van der Waals surface area contributed by atoms with Gasteiger partial charge in [-0.05, 0) is 43.5 Å². The van der Waals surface area contributed by atoms with Crippen molar-refractivity contribution in [2.24, 2.45) is 5.84 Å². The van der Waals surface area contributed by atoms with Crippen molar-refractivity contribution < 1.29 is 13.2 Å². The van der Waals surface area contributed by atoms with Gasteiger partial charge in [0.15, 0.2) is 0 Å². The van der Waals surface area contributed by atoms with E-state index in [1.807, 2.05) is 0 Å². The van der Waals surface area contributed by atoms with Gasteiger partial charge in [-0.1, -0.05) is 13.3 Å². The van der Waals surface area contributed by atoms with Crippen LogP contribution >= 0.6 is 0 Å². The summed E-state index contributed by atoms with van der Waals surface area (Å²) < 4.78 is 32.6. The molecule has 0 saturated carbocycles. The number of nitrogens with one attached hydrogen (secondary N) is 2. The lowest BCUT2D eigenvalue weighted by molar-refractivity contribution is 0.136. The average Bonchev–Trinajstić information content (AvgIpc) is 2.41. The molecule has 6 nitrogen and oxygen atoms in total. The minimum atomic E-state index is -3.54. The first kappa shape index (κ1) is 17.9. The summed E-state index contributed by atoms with van der Waals surface area (Å²) >= 11 is 0. The van der Waals surface area contributed by atoms with Crippen LogP contribution in [0.15, 0.2) is 17.0 Å². The molecule has 0 fully saturated rings. The van der Waals surface area contributed by atoms with Crippen LogP contribution in [0.4, 0.5) is 5.69 Å². The first-order chi connectivity index (χ1) is 9.92. The van der Waals surface area contributed by atoms with E-state index < -0.39 is 10.0 Å². The van der Waals surface area contributed by atoms with Crippen LogP contribution in [0.2, 0.25) is 0 Å². The van der Waals surface area contributed by atoms with Gasteiger partial charge in [0, 0.05) is 18.8 Å². The third-order valence-electron chi connectivity index (χ3n) is 3.08. The Morgan fingerprint density at radius 1 is 1.19 bits per heavy atom. The first-order valence-corrected chi connectivity index (χ1v) is 8.56. The predicted octanol–water partition coefficient (Wildman–Crippen LogP) is 1.68. The number of rotatable bonds is 9. The van der Waals surface area contributed by atoms with Gasteiger partial charge in [0.25, 0.3) is 0 Å². The van der Waals surface area contributed by atoms with Crippen molar-refractivity contribution in [2.75, 3.05) is 25.2 Å². The molecule has 0 heterocycles. The Morgan fingerprint density at radius 2 is 1.81 bits per heavy atom. The van der Waals surface area contributed by atoms with Crippen molar-refractivity contribution >= 4 is 15.7 Å².